The molecule has 6 heteroatoms. The van der Waals surface area contributed by atoms with Gasteiger partial charge in [-0.2, -0.15) is 0 Å². The largest absolute Gasteiger partial charge is 0.447 e. The number of alkyl halides is 1. The van der Waals surface area contributed by atoms with Crippen LogP contribution < -0.4 is 4.74 Å². The van der Waals surface area contributed by atoms with Gasteiger partial charge < -0.3 is 4.74 Å². The minimum Gasteiger partial charge on any atom is -0.447 e. The van der Waals surface area contributed by atoms with Crippen LogP contribution in [0.25, 0.3) is 0 Å². The van der Waals surface area contributed by atoms with E-state index in [0.717, 1.165) is 5.56 Å². The second-order valence-corrected chi connectivity index (χ2v) is 4.95. The molecule has 0 atom stereocenters. The van der Waals surface area contributed by atoms with Crippen molar-refractivity contribution in [1.82, 2.24) is 0 Å². The van der Waals surface area contributed by atoms with E-state index >= 15 is 0 Å². The summed E-state index contributed by atoms with van der Waals surface area (Å²) < 4.78 is 19.3. The van der Waals surface area contributed by atoms with Gasteiger partial charge in [0.15, 0.2) is 11.6 Å². The van der Waals surface area contributed by atoms with Crippen LogP contribution in [0.1, 0.15) is 16.7 Å². The van der Waals surface area contributed by atoms with Gasteiger partial charge in [0.25, 0.3) is 0 Å². The quantitative estimate of drug-likeness (QED) is 0.459. The molecule has 21 heavy (non-hydrogen) atoms. The van der Waals surface area contributed by atoms with Crippen molar-refractivity contribution in [2.24, 2.45) is 0 Å². The highest BCUT2D eigenvalue weighted by Crippen LogP contribution is 2.36. The molecule has 4 nitrogen and oxygen atoms in total. The van der Waals surface area contributed by atoms with Gasteiger partial charge in [0.1, 0.15) is 0 Å². The Balaban J connectivity index is 2.46. The second kappa shape index (κ2) is 6.10. The van der Waals surface area contributed by atoms with Gasteiger partial charge >= 0.3 is 5.69 Å². The first-order valence-electron chi connectivity index (χ1n) is 6.20. The third kappa shape index (κ3) is 3.31. The van der Waals surface area contributed by atoms with E-state index in [1.54, 1.807) is 26.0 Å². The van der Waals surface area contributed by atoms with Gasteiger partial charge in [-0.15, -0.1) is 11.6 Å². The lowest BCUT2D eigenvalue weighted by Crippen LogP contribution is -1.98. The number of nitro groups is 1. The Morgan fingerprint density at radius 3 is 2.57 bits per heavy atom. The smallest absolute Gasteiger partial charge is 0.312 e. The van der Waals surface area contributed by atoms with Crippen molar-refractivity contribution < 1.29 is 14.1 Å². The maximum absolute atomic E-state index is 13.9. The van der Waals surface area contributed by atoms with Crippen LogP contribution in [-0.4, -0.2) is 4.92 Å². The summed E-state index contributed by atoms with van der Waals surface area (Å²) in [6.45, 7) is 3.43. The number of hydrogen-bond donors (Lipinski definition) is 0. The van der Waals surface area contributed by atoms with Crippen LogP contribution in [0, 0.1) is 29.8 Å². The van der Waals surface area contributed by atoms with E-state index in [-0.39, 0.29) is 23.1 Å². The fourth-order valence-electron chi connectivity index (χ4n) is 2.02. The molecule has 0 bridgehead atoms. The Labute approximate surface area is 126 Å². The number of hydrogen-bond acceptors (Lipinski definition) is 3. The zero-order valence-corrected chi connectivity index (χ0v) is 12.3. The van der Waals surface area contributed by atoms with E-state index < -0.39 is 10.7 Å². The van der Waals surface area contributed by atoms with Gasteiger partial charge in [0.2, 0.25) is 5.75 Å². The molecule has 0 heterocycles. The Morgan fingerprint density at radius 1 is 1.29 bits per heavy atom. The predicted molar refractivity (Wildman–Crippen MR) is 78.6 cm³/mol. The van der Waals surface area contributed by atoms with Crippen LogP contribution >= 0.6 is 11.6 Å². The maximum Gasteiger partial charge on any atom is 0.312 e. The maximum atomic E-state index is 13.9. The van der Waals surface area contributed by atoms with Gasteiger partial charge in [-0.1, -0.05) is 12.1 Å². The fourth-order valence-corrected chi connectivity index (χ4v) is 2.19. The molecule has 0 aliphatic heterocycles. The van der Waals surface area contributed by atoms with E-state index in [4.69, 9.17) is 16.3 Å². The molecular formula is C15H13ClFNO3. The molecule has 2 rings (SSSR count). The van der Waals surface area contributed by atoms with E-state index in [9.17, 15) is 14.5 Å². The van der Waals surface area contributed by atoms with Crippen molar-refractivity contribution in [2.75, 3.05) is 0 Å². The molecule has 0 spiro atoms. The summed E-state index contributed by atoms with van der Waals surface area (Å²) in [4.78, 5) is 10.6. The highest BCUT2D eigenvalue weighted by molar-refractivity contribution is 6.17. The first kappa shape index (κ1) is 15.3. The Morgan fingerprint density at radius 2 is 2.00 bits per heavy atom. The third-order valence-electron chi connectivity index (χ3n) is 2.96. The predicted octanol–water partition coefficient (Wildman–Crippen LogP) is 4.88. The van der Waals surface area contributed by atoms with Crippen molar-refractivity contribution in [1.29, 1.82) is 0 Å². The summed E-state index contributed by atoms with van der Waals surface area (Å²) in [5.41, 5.74) is 1.73. The Hall–Kier alpha value is -2.14. The van der Waals surface area contributed by atoms with E-state index in [1.807, 2.05) is 0 Å². The van der Waals surface area contributed by atoms with Gasteiger partial charge in [-0.05, 0) is 42.7 Å². The number of nitro benzene ring substituents is 1. The number of benzene rings is 2. The lowest BCUT2D eigenvalue weighted by atomic mass is 10.1. The zero-order chi connectivity index (χ0) is 15.6. The van der Waals surface area contributed by atoms with Gasteiger partial charge in [-0.3, -0.25) is 10.1 Å². The molecule has 0 aliphatic carbocycles. The lowest BCUT2D eigenvalue weighted by Gasteiger charge is -2.11. The normalized spacial score (nSPS) is 10.5. The molecule has 2 aromatic rings. The van der Waals surface area contributed by atoms with Gasteiger partial charge in [0, 0.05) is 11.9 Å². The minimum absolute atomic E-state index is 0.0446. The van der Waals surface area contributed by atoms with Crippen molar-refractivity contribution in [3.8, 4) is 11.5 Å². The summed E-state index contributed by atoms with van der Waals surface area (Å²) in [5, 5.41) is 11.1. The molecule has 0 radical (unpaired) electrons. The number of rotatable bonds is 4. The molecule has 0 saturated heterocycles. The van der Waals surface area contributed by atoms with Crippen LogP contribution in [0.3, 0.4) is 0 Å². The van der Waals surface area contributed by atoms with Gasteiger partial charge in [0.05, 0.1) is 4.92 Å². The highest BCUT2D eigenvalue weighted by Gasteiger charge is 2.20. The number of halogens is 2. The molecule has 0 amide bonds. The third-order valence-corrected chi connectivity index (χ3v) is 3.27. The minimum atomic E-state index is -0.609. The van der Waals surface area contributed by atoms with Crippen LogP contribution in [0.15, 0.2) is 30.3 Å². The number of aryl methyl sites for hydroxylation is 2. The summed E-state index contributed by atoms with van der Waals surface area (Å²) in [6, 6.07) is 7.41. The molecule has 2 aromatic carbocycles. The summed E-state index contributed by atoms with van der Waals surface area (Å²) in [7, 11) is 0. The molecular weight excluding hydrogens is 297 g/mol. The Bertz CT molecular complexity index is 704. The van der Waals surface area contributed by atoms with E-state index in [1.165, 1.54) is 18.2 Å². The summed E-state index contributed by atoms with van der Waals surface area (Å²) in [6.07, 6.45) is 0. The summed E-state index contributed by atoms with van der Waals surface area (Å²) >= 11 is 5.62. The van der Waals surface area contributed by atoms with Crippen molar-refractivity contribution >= 4 is 17.3 Å². The molecule has 110 valence electrons. The van der Waals surface area contributed by atoms with E-state index in [2.05, 4.69) is 0 Å². The van der Waals surface area contributed by atoms with Crippen molar-refractivity contribution in [3.63, 3.8) is 0 Å². The highest BCUT2D eigenvalue weighted by atomic mass is 35.5. The fraction of sp³-hybridized carbons (Fsp3) is 0.200. The molecule has 0 aliphatic rings. The zero-order valence-electron chi connectivity index (χ0n) is 11.5. The first-order valence-corrected chi connectivity index (χ1v) is 6.73. The molecule has 0 N–H and O–H groups in total. The van der Waals surface area contributed by atoms with E-state index in [0.29, 0.717) is 11.1 Å². The monoisotopic (exact) mass is 309 g/mol. The number of nitrogens with zero attached hydrogens (tertiary/aromatic N) is 1. The second-order valence-electron chi connectivity index (χ2n) is 4.69. The molecule has 0 saturated carbocycles. The summed E-state index contributed by atoms with van der Waals surface area (Å²) in [5.74, 6) is -0.453. The van der Waals surface area contributed by atoms with Crippen LogP contribution in [0.4, 0.5) is 10.1 Å². The molecule has 0 aromatic heterocycles. The van der Waals surface area contributed by atoms with Crippen LogP contribution in [-0.2, 0) is 5.88 Å². The lowest BCUT2D eigenvalue weighted by molar-refractivity contribution is -0.385. The average molecular weight is 310 g/mol. The van der Waals surface area contributed by atoms with Crippen LogP contribution in [0.5, 0.6) is 11.5 Å². The van der Waals surface area contributed by atoms with Gasteiger partial charge in [-0.25, -0.2) is 4.39 Å². The number of ether oxygens (including phenoxy) is 1. The average Bonchev–Trinajstić information content (AvgIpc) is 2.42. The SMILES string of the molecule is Cc1cc(C)c(Oc2ccc(CCl)cc2F)c([N+](=O)[O-])c1. The van der Waals surface area contributed by atoms with Crippen molar-refractivity contribution in [2.45, 2.75) is 19.7 Å². The standard InChI is InChI=1S/C15H13ClFNO3/c1-9-5-10(2)15(13(6-9)18(19)20)21-14-4-3-11(8-16)7-12(14)17/h3-7H,8H2,1-2H3. The first-order chi connectivity index (χ1) is 9.92. The molecule has 0 fully saturated rings. The van der Waals surface area contributed by atoms with Crippen molar-refractivity contribution in [3.05, 3.63) is 63.0 Å². The van der Waals surface area contributed by atoms with Crippen LogP contribution in [0.2, 0.25) is 0 Å². The molecule has 0 unspecified atom stereocenters. The Kier molecular flexibility index (Phi) is 4.43. The topological polar surface area (TPSA) is 52.4 Å².